The van der Waals surface area contributed by atoms with Crippen LogP contribution in [0.5, 0.6) is 0 Å². The maximum Gasteiger partial charge on any atom is 0.336 e. The Hall–Kier alpha value is -2.38. The largest absolute Gasteiger partial charge is 0.463 e. The number of esters is 1. The van der Waals surface area contributed by atoms with E-state index < -0.39 is 23.6 Å². The highest BCUT2D eigenvalue weighted by Crippen LogP contribution is 2.44. The second-order valence-corrected chi connectivity index (χ2v) is 7.48. The van der Waals surface area contributed by atoms with Crippen LogP contribution in [0, 0.1) is 17.7 Å². The minimum Gasteiger partial charge on any atom is -0.463 e. The molecule has 0 aromatic heterocycles. The van der Waals surface area contributed by atoms with Crippen LogP contribution >= 0.6 is 0 Å². The van der Waals surface area contributed by atoms with Crippen molar-refractivity contribution in [2.75, 3.05) is 26.4 Å². The van der Waals surface area contributed by atoms with E-state index in [1.807, 2.05) is 6.92 Å². The average Bonchev–Trinajstić information content (AvgIpc) is 2.67. The smallest absolute Gasteiger partial charge is 0.336 e. The van der Waals surface area contributed by atoms with Gasteiger partial charge in [0.25, 0.3) is 0 Å². The van der Waals surface area contributed by atoms with E-state index in [2.05, 4.69) is 4.99 Å². The third-order valence-electron chi connectivity index (χ3n) is 5.28. The number of aliphatic imine (C=N–C) groups is 1. The molecule has 7 heteroatoms. The van der Waals surface area contributed by atoms with Crippen LogP contribution in [0.2, 0.25) is 0 Å². The second kappa shape index (κ2) is 9.41. The van der Waals surface area contributed by atoms with Gasteiger partial charge in [0.1, 0.15) is 11.6 Å². The summed E-state index contributed by atoms with van der Waals surface area (Å²) >= 11 is 0. The van der Waals surface area contributed by atoms with Crippen LogP contribution < -0.4 is 5.73 Å². The number of carbonyl (C=O) groups excluding carboxylic acids is 2. The van der Waals surface area contributed by atoms with Crippen LogP contribution in [0.15, 0.2) is 40.5 Å². The number of hydrogen-bond acceptors (Lipinski definition) is 6. The number of benzene rings is 1. The van der Waals surface area contributed by atoms with Gasteiger partial charge in [0.2, 0.25) is 0 Å². The minimum absolute atomic E-state index is 0.0283. The van der Waals surface area contributed by atoms with Crippen molar-refractivity contribution >= 4 is 17.5 Å². The number of Topliss-reactive ketones (excluding diaryl/α,β-unsaturated/α-hetero) is 1. The van der Waals surface area contributed by atoms with Crippen molar-refractivity contribution in [3.8, 4) is 0 Å². The van der Waals surface area contributed by atoms with Crippen molar-refractivity contribution < 1.29 is 23.5 Å². The topological polar surface area (TPSA) is 91.0 Å². The molecule has 1 aliphatic heterocycles. The van der Waals surface area contributed by atoms with Gasteiger partial charge in [-0.05, 0) is 30.9 Å². The molecule has 0 radical (unpaired) electrons. The second-order valence-electron chi connectivity index (χ2n) is 7.48. The first-order valence-electron chi connectivity index (χ1n) is 10.00. The van der Waals surface area contributed by atoms with Gasteiger partial charge in [-0.15, -0.1) is 0 Å². The third kappa shape index (κ3) is 4.46. The zero-order valence-electron chi connectivity index (χ0n) is 16.8. The van der Waals surface area contributed by atoms with Gasteiger partial charge in [0.05, 0.1) is 37.0 Å². The molecule has 29 heavy (non-hydrogen) atoms. The first-order chi connectivity index (χ1) is 14.0. The molecule has 0 amide bonds. The van der Waals surface area contributed by atoms with Crippen molar-refractivity contribution in [3.63, 3.8) is 0 Å². The molecule has 3 rings (SSSR count). The molecule has 0 spiro atoms. The van der Waals surface area contributed by atoms with Gasteiger partial charge in [-0.2, -0.15) is 0 Å². The monoisotopic (exact) mass is 402 g/mol. The summed E-state index contributed by atoms with van der Waals surface area (Å²) in [6, 6.07) is 6.24. The minimum atomic E-state index is -0.778. The molecule has 1 aliphatic carbocycles. The summed E-state index contributed by atoms with van der Waals surface area (Å²) in [6.45, 7) is 4.53. The quantitative estimate of drug-likeness (QED) is 0.559. The Bertz CT molecular complexity index is 849. The van der Waals surface area contributed by atoms with Crippen molar-refractivity contribution in [1.82, 2.24) is 0 Å². The van der Waals surface area contributed by atoms with Gasteiger partial charge in [0, 0.05) is 24.6 Å². The van der Waals surface area contributed by atoms with E-state index in [0.29, 0.717) is 43.0 Å². The molecule has 3 unspecified atom stereocenters. The zero-order chi connectivity index (χ0) is 21.0. The third-order valence-corrected chi connectivity index (χ3v) is 5.28. The van der Waals surface area contributed by atoms with Gasteiger partial charge < -0.3 is 15.2 Å². The summed E-state index contributed by atoms with van der Waals surface area (Å²) < 4.78 is 25.6. The van der Waals surface area contributed by atoms with Gasteiger partial charge in [0.15, 0.2) is 0 Å². The highest BCUT2D eigenvalue weighted by Gasteiger charge is 2.46. The van der Waals surface area contributed by atoms with E-state index in [4.69, 9.17) is 15.2 Å². The molecule has 2 N–H and O–H groups in total. The predicted molar refractivity (Wildman–Crippen MR) is 107 cm³/mol. The fourth-order valence-electron chi connectivity index (χ4n) is 4.16. The lowest BCUT2D eigenvalue weighted by molar-refractivity contribution is -0.139. The number of ketones is 1. The standard InChI is InChI=1S/C22H27FN2O4/c1-3-29-22(27)21-17(12-28-9-8-24)25-16-10-13(2)11-18(26)20(16)19(21)14-6-4-5-7-15(14)23/h4-7,13,19-20H,3,8-12,24H2,1-2H3. The number of nitrogens with two attached hydrogens (primary N) is 1. The molecule has 1 fully saturated rings. The van der Waals surface area contributed by atoms with Crippen LogP contribution in [-0.4, -0.2) is 43.8 Å². The Morgan fingerprint density at radius 1 is 1.28 bits per heavy atom. The van der Waals surface area contributed by atoms with E-state index in [-0.39, 0.29) is 30.5 Å². The lowest BCUT2D eigenvalue weighted by Gasteiger charge is -2.37. The summed E-state index contributed by atoms with van der Waals surface area (Å²) in [4.78, 5) is 30.6. The Morgan fingerprint density at radius 2 is 2.03 bits per heavy atom. The Labute approximate surface area is 170 Å². The molecular formula is C22H27FN2O4. The normalized spacial score (nSPS) is 24.2. The molecule has 3 atom stereocenters. The van der Waals surface area contributed by atoms with Crippen LogP contribution in [0.1, 0.15) is 38.2 Å². The van der Waals surface area contributed by atoms with Gasteiger partial charge in [-0.25, -0.2) is 9.18 Å². The molecule has 156 valence electrons. The van der Waals surface area contributed by atoms with E-state index in [0.717, 1.165) is 0 Å². The van der Waals surface area contributed by atoms with Gasteiger partial charge in [-0.1, -0.05) is 25.1 Å². The summed E-state index contributed by atoms with van der Waals surface area (Å²) in [5.41, 5.74) is 7.07. The van der Waals surface area contributed by atoms with Crippen molar-refractivity contribution in [1.29, 1.82) is 0 Å². The molecule has 2 aliphatic rings. The molecule has 1 saturated carbocycles. The summed E-state index contributed by atoms with van der Waals surface area (Å²) in [7, 11) is 0. The highest BCUT2D eigenvalue weighted by atomic mass is 19.1. The van der Waals surface area contributed by atoms with Crippen LogP contribution in [0.4, 0.5) is 4.39 Å². The summed E-state index contributed by atoms with van der Waals surface area (Å²) in [5.74, 6) is -2.39. The van der Waals surface area contributed by atoms with Crippen molar-refractivity contribution in [2.45, 2.75) is 32.6 Å². The maximum absolute atomic E-state index is 14.8. The first kappa shape index (κ1) is 21.3. The Kier molecular flexibility index (Phi) is 6.92. The van der Waals surface area contributed by atoms with E-state index in [9.17, 15) is 14.0 Å². The summed E-state index contributed by atoms with van der Waals surface area (Å²) in [5, 5.41) is 0. The SMILES string of the molecule is CCOC(=O)C1=C(COCCN)N=C2CC(C)CC(=O)C2C1c1ccccc1F. The van der Waals surface area contributed by atoms with Crippen molar-refractivity contribution in [2.24, 2.45) is 22.6 Å². The van der Waals surface area contributed by atoms with Gasteiger partial charge in [-0.3, -0.25) is 9.79 Å². The number of hydrogen-bond donors (Lipinski definition) is 1. The van der Waals surface area contributed by atoms with Crippen LogP contribution in [0.25, 0.3) is 0 Å². The average molecular weight is 402 g/mol. The molecule has 6 nitrogen and oxygen atoms in total. The van der Waals surface area contributed by atoms with E-state index in [1.54, 1.807) is 25.1 Å². The molecule has 1 aromatic carbocycles. The van der Waals surface area contributed by atoms with Crippen LogP contribution in [-0.2, 0) is 19.1 Å². The molecule has 1 aromatic rings. The highest BCUT2D eigenvalue weighted by molar-refractivity contribution is 6.11. The maximum atomic E-state index is 14.8. The molecule has 1 heterocycles. The summed E-state index contributed by atoms with van der Waals surface area (Å²) in [6.07, 6.45) is 1.00. The lowest BCUT2D eigenvalue weighted by Crippen LogP contribution is -2.42. The zero-order valence-corrected chi connectivity index (χ0v) is 16.8. The fourth-order valence-corrected chi connectivity index (χ4v) is 4.16. The number of fused-ring (bicyclic) bond motifs is 1. The number of rotatable bonds is 7. The van der Waals surface area contributed by atoms with Gasteiger partial charge >= 0.3 is 5.97 Å². The number of halogens is 1. The predicted octanol–water partition coefficient (Wildman–Crippen LogP) is 2.77. The molecule has 0 saturated heterocycles. The van der Waals surface area contributed by atoms with E-state index >= 15 is 0 Å². The Morgan fingerprint density at radius 3 is 2.72 bits per heavy atom. The molecular weight excluding hydrogens is 375 g/mol. The lowest BCUT2D eigenvalue weighted by atomic mass is 9.67. The number of nitrogens with zero attached hydrogens (tertiary/aromatic N) is 1. The molecule has 0 bridgehead atoms. The fraction of sp³-hybridized carbons (Fsp3) is 0.500. The van der Waals surface area contributed by atoms with Crippen molar-refractivity contribution in [3.05, 3.63) is 46.9 Å². The number of ether oxygens (including phenoxy) is 2. The van der Waals surface area contributed by atoms with Crippen LogP contribution in [0.3, 0.4) is 0 Å². The first-order valence-corrected chi connectivity index (χ1v) is 10.00. The van der Waals surface area contributed by atoms with E-state index in [1.165, 1.54) is 6.07 Å². The Balaban J connectivity index is 2.18. The number of carbonyl (C=O) groups is 2.